The molecule has 3 rings (SSSR count). The molecule has 5 heteroatoms. The monoisotopic (exact) mass is 357 g/mol. The summed E-state index contributed by atoms with van der Waals surface area (Å²) in [6.07, 6.45) is 8.10. The zero-order chi connectivity index (χ0) is 18.4. The van der Waals surface area contributed by atoms with E-state index in [0.29, 0.717) is 45.4 Å². The van der Waals surface area contributed by atoms with Crippen LogP contribution >= 0.6 is 0 Å². The van der Waals surface area contributed by atoms with Gasteiger partial charge in [0.2, 0.25) is 11.8 Å². The van der Waals surface area contributed by atoms with Gasteiger partial charge >= 0.3 is 0 Å². The van der Waals surface area contributed by atoms with Crippen LogP contribution in [0.2, 0.25) is 0 Å². The Balaban J connectivity index is 1.37. The Morgan fingerprint density at radius 1 is 0.923 bits per heavy atom. The van der Waals surface area contributed by atoms with E-state index in [1.165, 1.54) is 25.7 Å². The minimum absolute atomic E-state index is 0.159. The topological polar surface area (TPSA) is 66.6 Å². The molecule has 2 fully saturated rings. The van der Waals surface area contributed by atoms with Gasteiger partial charge in [0.1, 0.15) is 0 Å². The fourth-order valence-electron chi connectivity index (χ4n) is 4.15. The highest BCUT2D eigenvalue weighted by atomic mass is 16.2. The first kappa shape index (κ1) is 18.7. The van der Waals surface area contributed by atoms with Crippen LogP contribution in [0.3, 0.4) is 0 Å². The predicted molar refractivity (Wildman–Crippen MR) is 104 cm³/mol. The second-order valence-electron chi connectivity index (χ2n) is 7.65. The van der Waals surface area contributed by atoms with Crippen LogP contribution in [0, 0.1) is 5.92 Å². The number of carbonyl (C=O) groups is 2. The van der Waals surface area contributed by atoms with Crippen LogP contribution in [0.15, 0.2) is 24.3 Å². The molecular formula is C21H31N3O2. The minimum Gasteiger partial charge on any atom is -0.399 e. The lowest BCUT2D eigenvalue weighted by Gasteiger charge is -2.35. The number of para-hydroxylation sites is 1. The number of anilines is 1. The summed E-state index contributed by atoms with van der Waals surface area (Å²) in [5.74, 6) is 1.18. The summed E-state index contributed by atoms with van der Waals surface area (Å²) >= 11 is 0. The van der Waals surface area contributed by atoms with Crippen molar-refractivity contribution in [2.24, 2.45) is 5.92 Å². The lowest BCUT2D eigenvalue weighted by atomic mass is 10.0. The van der Waals surface area contributed by atoms with E-state index in [9.17, 15) is 9.59 Å². The van der Waals surface area contributed by atoms with E-state index in [-0.39, 0.29) is 11.8 Å². The molecule has 0 unspecified atom stereocenters. The molecule has 1 aliphatic heterocycles. The molecule has 2 N–H and O–H groups in total. The first-order valence-corrected chi connectivity index (χ1v) is 10.0. The average Bonchev–Trinajstić information content (AvgIpc) is 3.19. The molecule has 1 saturated carbocycles. The van der Waals surface area contributed by atoms with Crippen LogP contribution in [0.1, 0.15) is 50.5 Å². The maximum atomic E-state index is 12.4. The van der Waals surface area contributed by atoms with Crippen molar-refractivity contribution in [1.82, 2.24) is 9.80 Å². The third-order valence-electron chi connectivity index (χ3n) is 5.89. The van der Waals surface area contributed by atoms with E-state index in [2.05, 4.69) is 0 Å². The van der Waals surface area contributed by atoms with Crippen molar-refractivity contribution in [3.8, 4) is 0 Å². The summed E-state index contributed by atoms with van der Waals surface area (Å²) in [5.41, 5.74) is 7.72. The zero-order valence-electron chi connectivity index (χ0n) is 15.7. The molecule has 0 bridgehead atoms. The number of rotatable bonds is 6. The van der Waals surface area contributed by atoms with E-state index in [0.717, 1.165) is 23.6 Å². The number of nitrogens with two attached hydrogens (primary N) is 1. The predicted octanol–water partition coefficient (Wildman–Crippen LogP) is 2.84. The zero-order valence-corrected chi connectivity index (χ0v) is 15.7. The summed E-state index contributed by atoms with van der Waals surface area (Å²) in [6.45, 7) is 2.64. The minimum atomic E-state index is 0.159. The highest BCUT2D eigenvalue weighted by molar-refractivity contribution is 5.78. The van der Waals surface area contributed by atoms with Crippen molar-refractivity contribution in [3.05, 3.63) is 29.8 Å². The van der Waals surface area contributed by atoms with Crippen molar-refractivity contribution in [2.75, 3.05) is 31.9 Å². The molecule has 5 nitrogen and oxygen atoms in total. The number of hydrogen-bond donors (Lipinski definition) is 1. The molecular weight excluding hydrogens is 326 g/mol. The molecule has 0 spiro atoms. The van der Waals surface area contributed by atoms with Crippen molar-refractivity contribution < 1.29 is 9.59 Å². The van der Waals surface area contributed by atoms with Crippen molar-refractivity contribution in [1.29, 1.82) is 0 Å². The second kappa shape index (κ2) is 9.06. The molecule has 1 saturated heterocycles. The van der Waals surface area contributed by atoms with Gasteiger partial charge in [0, 0.05) is 44.7 Å². The third kappa shape index (κ3) is 4.99. The van der Waals surface area contributed by atoms with Gasteiger partial charge in [0.15, 0.2) is 0 Å². The third-order valence-corrected chi connectivity index (χ3v) is 5.89. The maximum Gasteiger partial charge on any atom is 0.223 e. The van der Waals surface area contributed by atoms with Gasteiger partial charge in [-0.05, 0) is 30.4 Å². The molecule has 1 heterocycles. The lowest BCUT2D eigenvalue weighted by molar-refractivity contribution is -0.139. The fourth-order valence-corrected chi connectivity index (χ4v) is 4.15. The van der Waals surface area contributed by atoms with Crippen molar-refractivity contribution >= 4 is 17.5 Å². The normalized spacial score (nSPS) is 18.3. The summed E-state index contributed by atoms with van der Waals surface area (Å²) in [7, 11) is 0. The van der Waals surface area contributed by atoms with E-state index in [1.807, 2.05) is 34.1 Å². The molecule has 142 valence electrons. The van der Waals surface area contributed by atoms with Crippen LogP contribution in [0.4, 0.5) is 5.69 Å². The van der Waals surface area contributed by atoms with Crippen LogP contribution in [-0.4, -0.2) is 47.8 Å². The van der Waals surface area contributed by atoms with Crippen LogP contribution in [0.25, 0.3) is 0 Å². The van der Waals surface area contributed by atoms with Crippen LogP contribution in [-0.2, 0) is 16.0 Å². The molecule has 1 aromatic rings. The Hall–Kier alpha value is -2.04. The van der Waals surface area contributed by atoms with E-state index in [1.54, 1.807) is 0 Å². The molecule has 2 aliphatic rings. The van der Waals surface area contributed by atoms with E-state index < -0.39 is 0 Å². The summed E-state index contributed by atoms with van der Waals surface area (Å²) in [5, 5.41) is 0. The Morgan fingerprint density at radius 2 is 1.50 bits per heavy atom. The SMILES string of the molecule is Nc1ccccc1CCC(=O)N1CCN(C(=O)CCC2CCCC2)CC1. The molecule has 1 aliphatic carbocycles. The summed E-state index contributed by atoms with van der Waals surface area (Å²) < 4.78 is 0. The molecule has 0 atom stereocenters. The number of nitrogens with zero attached hydrogens (tertiary/aromatic N) is 2. The van der Waals surface area contributed by atoms with E-state index in [4.69, 9.17) is 5.73 Å². The van der Waals surface area contributed by atoms with Gasteiger partial charge in [-0.3, -0.25) is 9.59 Å². The summed E-state index contributed by atoms with van der Waals surface area (Å²) in [4.78, 5) is 28.7. The first-order chi connectivity index (χ1) is 12.6. The van der Waals surface area contributed by atoms with Crippen LogP contribution < -0.4 is 5.73 Å². The number of carbonyl (C=O) groups excluding carboxylic acids is 2. The molecule has 0 aromatic heterocycles. The largest absolute Gasteiger partial charge is 0.399 e. The van der Waals surface area contributed by atoms with Gasteiger partial charge in [0.05, 0.1) is 0 Å². The van der Waals surface area contributed by atoms with Crippen LogP contribution in [0.5, 0.6) is 0 Å². The lowest BCUT2D eigenvalue weighted by Crippen LogP contribution is -2.50. The number of piperazine rings is 1. The van der Waals surface area contributed by atoms with Gasteiger partial charge < -0.3 is 15.5 Å². The Kier molecular flexibility index (Phi) is 6.53. The second-order valence-corrected chi connectivity index (χ2v) is 7.65. The molecule has 2 amide bonds. The van der Waals surface area contributed by atoms with Crippen molar-refractivity contribution in [2.45, 2.75) is 51.4 Å². The first-order valence-electron chi connectivity index (χ1n) is 10.0. The number of benzene rings is 1. The average molecular weight is 357 g/mol. The number of amides is 2. The summed E-state index contributed by atoms with van der Waals surface area (Å²) in [6, 6.07) is 7.70. The van der Waals surface area contributed by atoms with Gasteiger partial charge in [-0.15, -0.1) is 0 Å². The number of aryl methyl sites for hydroxylation is 1. The van der Waals surface area contributed by atoms with Gasteiger partial charge in [-0.2, -0.15) is 0 Å². The highest BCUT2D eigenvalue weighted by Gasteiger charge is 2.25. The Morgan fingerprint density at radius 3 is 2.12 bits per heavy atom. The molecule has 26 heavy (non-hydrogen) atoms. The van der Waals surface area contributed by atoms with Gasteiger partial charge in [-0.1, -0.05) is 43.9 Å². The van der Waals surface area contributed by atoms with E-state index >= 15 is 0 Å². The Bertz CT molecular complexity index is 617. The molecule has 1 aromatic carbocycles. The highest BCUT2D eigenvalue weighted by Crippen LogP contribution is 2.28. The van der Waals surface area contributed by atoms with Gasteiger partial charge in [-0.25, -0.2) is 0 Å². The molecule has 0 radical (unpaired) electrons. The fraction of sp³-hybridized carbons (Fsp3) is 0.619. The maximum absolute atomic E-state index is 12.4. The number of nitrogen functional groups attached to an aromatic ring is 1. The quantitative estimate of drug-likeness (QED) is 0.796. The standard InChI is InChI=1S/C21H31N3O2/c22-19-8-4-3-7-18(19)10-12-21(26)24-15-13-23(14-16-24)20(25)11-9-17-5-1-2-6-17/h3-4,7-8,17H,1-2,5-6,9-16,22H2. The van der Waals surface area contributed by atoms with Gasteiger partial charge in [0.25, 0.3) is 0 Å². The van der Waals surface area contributed by atoms with Crippen molar-refractivity contribution in [3.63, 3.8) is 0 Å². The number of hydrogen-bond acceptors (Lipinski definition) is 3. The Labute approximate surface area is 156 Å². The smallest absolute Gasteiger partial charge is 0.223 e.